The fourth-order valence-electron chi connectivity index (χ4n) is 4.22. The van der Waals surface area contributed by atoms with Crippen LogP contribution in [0.2, 0.25) is 0 Å². The Morgan fingerprint density at radius 2 is 1.82 bits per heavy atom. The normalized spacial score (nSPS) is 24.9. The minimum absolute atomic E-state index is 0.268. The van der Waals surface area contributed by atoms with Gasteiger partial charge < -0.3 is 24.7 Å². The lowest BCUT2D eigenvalue weighted by Crippen LogP contribution is -2.48. The van der Waals surface area contributed by atoms with E-state index in [2.05, 4.69) is 42.8 Å². The van der Waals surface area contributed by atoms with Gasteiger partial charge in [0.1, 0.15) is 23.9 Å². The Morgan fingerprint density at radius 1 is 1.12 bits per heavy atom. The van der Waals surface area contributed by atoms with Crippen molar-refractivity contribution in [2.45, 2.75) is 95.3 Å². The summed E-state index contributed by atoms with van der Waals surface area (Å²) in [7, 11) is 0. The fourth-order valence-corrected chi connectivity index (χ4v) is 4.57. The van der Waals surface area contributed by atoms with E-state index in [0.717, 1.165) is 44.2 Å². The van der Waals surface area contributed by atoms with Gasteiger partial charge >= 0.3 is 0 Å². The van der Waals surface area contributed by atoms with Gasteiger partial charge in [0, 0.05) is 19.8 Å². The summed E-state index contributed by atoms with van der Waals surface area (Å²) in [4.78, 5) is 8.83. The number of aromatic nitrogens is 4. The van der Waals surface area contributed by atoms with Crippen LogP contribution in [0.3, 0.4) is 0 Å². The van der Waals surface area contributed by atoms with Crippen LogP contribution in [0, 0.1) is 0 Å². The molecule has 0 amide bonds. The first-order valence-corrected chi connectivity index (χ1v) is 13.8. The lowest BCUT2D eigenvalue weighted by Gasteiger charge is -2.35. The molecule has 0 aromatic carbocycles. The van der Waals surface area contributed by atoms with E-state index in [1.165, 1.54) is 11.8 Å². The highest BCUT2D eigenvalue weighted by atomic mass is 32.2. The van der Waals surface area contributed by atoms with E-state index in [9.17, 15) is 0 Å². The molecule has 1 saturated heterocycles. The Bertz CT molecular complexity index is 898. The number of fused-ring (bicyclic) bond motifs is 1. The molecule has 10 heteroatoms. The van der Waals surface area contributed by atoms with Crippen molar-refractivity contribution in [3.8, 4) is 0 Å². The number of imidazole rings is 1. The quantitative estimate of drug-likeness (QED) is 0.283. The van der Waals surface area contributed by atoms with E-state index >= 15 is 0 Å². The van der Waals surface area contributed by atoms with Crippen molar-refractivity contribution in [3.05, 3.63) is 11.9 Å². The standard InChI is InChI=1S/C24H41N5O4S/c1-6-9-12-30-16-18-20(31-13-10-7-2)24(4,32-14-11-8-3)19(33-18)17-15-26-22-21(25)27-23(34-5)28-29(17)22/h15,18-20H,6-14,16H2,1-5H3,(H2,25,27,28)/t18-,19?,20-,24+/m1/s1. The molecule has 9 nitrogen and oxygen atoms in total. The molecule has 4 atom stereocenters. The maximum atomic E-state index is 6.65. The Balaban J connectivity index is 1.98. The van der Waals surface area contributed by atoms with Crippen LogP contribution in [0.25, 0.3) is 5.65 Å². The van der Waals surface area contributed by atoms with Crippen LogP contribution >= 0.6 is 11.8 Å². The fraction of sp³-hybridized carbons (Fsp3) is 0.792. The van der Waals surface area contributed by atoms with E-state index in [4.69, 9.17) is 24.7 Å². The van der Waals surface area contributed by atoms with Crippen LogP contribution in [0.1, 0.15) is 78.0 Å². The number of unbranched alkanes of at least 4 members (excludes halogenated alkanes) is 3. The molecule has 1 aliphatic rings. The minimum atomic E-state index is -0.739. The third-order valence-electron chi connectivity index (χ3n) is 6.21. The summed E-state index contributed by atoms with van der Waals surface area (Å²) < 4.78 is 27.4. The molecule has 1 unspecified atom stereocenters. The summed E-state index contributed by atoms with van der Waals surface area (Å²) in [5, 5.41) is 5.23. The molecule has 0 spiro atoms. The molecule has 3 heterocycles. The number of nitrogens with two attached hydrogens (primary N) is 1. The van der Waals surface area contributed by atoms with Crippen LogP contribution in [0.15, 0.2) is 11.4 Å². The van der Waals surface area contributed by atoms with Gasteiger partial charge in [-0.05, 0) is 32.4 Å². The summed E-state index contributed by atoms with van der Waals surface area (Å²) in [6, 6.07) is 0. The molecule has 192 valence electrons. The maximum absolute atomic E-state index is 6.65. The Kier molecular flexibility index (Phi) is 10.4. The lowest BCUT2D eigenvalue weighted by molar-refractivity contribution is -0.138. The van der Waals surface area contributed by atoms with Gasteiger partial charge in [-0.1, -0.05) is 51.8 Å². The van der Waals surface area contributed by atoms with Crippen molar-refractivity contribution in [2.75, 3.05) is 38.4 Å². The number of thioether (sulfide) groups is 1. The lowest BCUT2D eigenvalue weighted by atomic mass is 9.90. The van der Waals surface area contributed by atoms with E-state index < -0.39 is 11.7 Å². The third kappa shape index (κ3) is 6.02. The van der Waals surface area contributed by atoms with E-state index in [1.54, 1.807) is 10.7 Å². The van der Waals surface area contributed by atoms with Gasteiger partial charge in [-0.25, -0.2) is 14.5 Å². The average molecular weight is 496 g/mol. The highest BCUT2D eigenvalue weighted by Gasteiger charge is 2.57. The predicted octanol–water partition coefficient (Wildman–Crippen LogP) is 4.45. The molecule has 0 radical (unpaired) electrons. The van der Waals surface area contributed by atoms with Crippen molar-refractivity contribution >= 4 is 23.2 Å². The van der Waals surface area contributed by atoms with Crippen LogP contribution in [0.5, 0.6) is 0 Å². The molecule has 0 aliphatic carbocycles. The highest BCUT2D eigenvalue weighted by molar-refractivity contribution is 7.98. The minimum Gasteiger partial charge on any atom is -0.380 e. The third-order valence-corrected chi connectivity index (χ3v) is 6.75. The van der Waals surface area contributed by atoms with Gasteiger partial charge in [0.25, 0.3) is 0 Å². The molecule has 34 heavy (non-hydrogen) atoms. The van der Waals surface area contributed by atoms with Gasteiger partial charge in [0.2, 0.25) is 5.16 Å². The van der Waals surface area contributed by atoms with Gasteiger partial charge in [-0.2, -0.15) is 0 Å². The van der Waals surface area contributed by atoms with Crippen LogP contribution < -0.4 is 5.73 Å². The SMILES string of the molecule is CCCCOC[C@H]1OC(c2cnc3c(N)nc(SC)nn23)[C@](C)(OCCCC)[C@@H]1OCCCC. The zero-order valence-electron chi connectivity index (χ0n) is 21.3. The van der Waals surface area contributed by atoms with Crippen molar-refractivity contribution < 1.29 is 18.9 Å². The molecule has 1 fully saturated rings. The second-order valence-corrected chi connectivity index (χ2v) is 9.69. The smallest absolute Gasteiger partial charge is 0.209 e. The molecular formula is C24H41N5O4S. The second-order valence-electron chi connectivity index (χ2n) is 8.92. The number of nitrogens with zero attached hydrogens (tertiary/aromatic N) is 4. The predicted molar refractivity (Wildman–Crippen MR) is 134 cm³/mol. The van der Waals surface area contributed by atoms with Crippen molar-refractivity contribution in [3.63, 3.8) is 0 Å². The monoisotopic (exact) mass is 495 g/mol. The Hall–Kier alpha value is -1.46. The number of ether oxygens (including phenoxy) is 4. The first kappa shape index (κ1) is 27.1. The van der Waals surface area contributed by atoms with Gasteiger partial charge in [0.05, 0.1) is 18.5 Å². The molecule has 2 aromatic heterocycles. The zero-order chi connectivity index (χ0) is 24.6. The average Bonchev–Trinajstić information content (AvgIpc) is 3.36. The topological polar surface area (TPSA) is 106 Å². The Labute approximate surface area is 207 Å². The maximum Gasteiger partial charge on any atom is 0.209 e. The largest absolute Gasteiger partial charge is 0.380 e. The highest BCUT2D eigenvalue weighted by Crippen LogP contribution is 2.46. The molecule has 0 bridgehead atoms. The van der Waals surface area contributed by atoms with Crippen molar-refractivity contribution in [1.29, 1.82) is 0 Å². The number of anilines is 1. The molecule has 2 aromatic rings. The summed E-state index contributed by atoms with van der Waals surface area (Å²) in [5.74, 6) is 0.340. The van der Waals surface area contributed by atoms with Crippen LogP contribution in [-0.2, 0) is 18.9 Å². The molecular weight excluding hydrogens is 454 g/mol. The summed E-state index contributed by atoms with van der Waals surface area (Å²) >= 11 is 1.43. The molecule has 3 rings (SSSR count). The number of rotatable bonds is 15. The van der Waals surface area contributed by atoms with Gasteiger partial charge in [-0.3, -0.25) is 0 Å². The molecule has 1 aliphatic heterocycles. The molecule has 2 N–H and O–H groups in total. The summed E-state index contributed by atoms with van der Waals surface area (Å²) in [6.45, 7) is 11.0. The van der Waals surface area contributed by atoms with E-state index in [1.807, 2.05) is 6.26 Å². The summed E-state index contributed by atoms with van der Waals surface area (Å²) in [5.41, 5.74) is 6.73. The van der Waals surface area contributed by atoms with E-state index in [0.29, 0.717) is 43.0 Å². The van der Waals surface area contributed by atoms with Gasteiger partial charge in [0.15, 0.2) is 11.5 Å². The first-order valence-electron chi connectivity index (χ1n) is 12.5. The summed E-state index contributed by atoms with van der Waals surface area (Å²) in [6.07, 6.45) is 8.82. The number of hydrogen-bond acceptors (Lipinski definition) is 9. The van der Waals surface area contributed by atoms with Gasteiger partial charge in [-0.15, -0.1) is 5.10 Å². The number of nitrogen functional groups attached to an aromatic ring is 1. The zero-order valence-corrected chi connectivity index (χ0v) is 22.1. The second kappa shape index (κ2) is 13.0. The first-order chi connectivity index (χ1) is 16.5. The van der Waals surface area contributed by atoms with Crippen LogP contribution in [0.4, 0.5) is 5.82 Å². The number of hydrogen-bond donors (Lipinski definition) is 1. The van der Waals surface area contributed by atoms with E-state index in [-0.39, 0.29) is 12.2 Å². The van der Waals surface area contributed by atoms with Crippen molar-refractivity contribution in [1.82, 2.24) is 19.6 Å². The Morgan fingerprint density at radius 3 is 2.53 bits per heavy atom. The van der Waals surface area contributed by atoms with Crippen molar-refractivity contribution in [2.24, 2.45) is 0 Å². The molecule has 0 saturated carbocycles. The van der Waals surface area contributed by atoms with Crippen LogP contribution in [-0.4, -0.2) is 70.1 Å².